The van der Waals surface area contributed by atoms with Crippen LogP contribution < -0.4 is 4.74 Å². The molecule has 0 saturated heterocycles. The number of ether oxygens (including phenoxy) is 1. The first-order valence-corrected chi connectivity index (χ1v) is 8.35. The minimum Gasteiger partial charge on any atom is -0.488 e. The van der Waals surface area contributed by atoms with Gasteiger partial charge in [-0.2, -0.15) is 0 Å². The third-order valence-electron chi connectivity index (χ3n) is 3.91. The number of carboxylic acid groups (broad SMARTS) is 1. The van der Waals surface area contributed by atoms with Crippen LogP contribution in [0.2, 0.25) is 0 Å². The molecule has 0 spiro atoms. The molecule has 0 saturated carbocycles. The molecule has 0 aliphatic rings. The van der Waals surface area contributed by atoms with Gasteiger partial charge in [0.15, 0.2) is 0 Å². The molecule has 0 bridgehead atoms. The Labute approximate surface area is 160 Å². The number of aliphatic imine (C=N–C) groups is 1. The van der Waals surface area contributed by atoms with Crippen molar-refractivity contribution in [1.82, 2.24) is 0 Å². The lowest BCUT2D eigenvalue weighted by molar-refractivity contribution is -0.384. The number of nitro benzene ring substituents is 1. The summed E-state index contributed by atoms with van der Waals surface area (Å²) in [7, 11) is 0. The van der Waals surface area contributed by atoms with Crippen molar-refractivity contribution in [3.05, 3.63) is 99.6 Å². The summed E-state index contributed by atoms with van der Waals surface area (Å²) in [4.78, 5) is 25.6. The number of aromatic carboxylic acids is 1. The highest BCUT2D eigenvalue weighted by atomic mass is 16.6. The summed E-state index contributed by atoms with van der Waals surface area (Å²) in [5, 5.41) is 19.8. The van der Waals surface area contributed by atoms with Gasteiger partial charge in [0.25, 0.3) is 5.69 Å². The van der Waals surface area contributed by atoms with E-state index in [1.54, 1.807) is 36.5 Å². The van der Waals surface area contributed by atoms with Crippen molar-refractivity contribution in [3.8, 4) is 5.75 Å². The van der Waals surface area contributed by atoms with Gasteiger partial charge in [-0.3, -0.25) is 15.1 Å². The Bertz CT molecular complexity index is 1030. The van der Waals surface area contributed by atoms with Crippen molar-refractivity contribution in [2.24, 2.45) is 4.99 Å². The molecule has 0 aliphatic carbocycles. The molecular formula is C21H16N2O5. The predicted molar refractivity (Wildman–Crippen MR) is 105 cm³/mol. The fourth-order valence-corrected chi connectivity index (χ4v) is 2.45. The molecule has 0 aromatic heterocycles. The van der Waals surface area contributed by atoms with Crippen LogP contribution in [-0.4, -0.2) is 22.2 Å². The van der Waals surface area contributed by atoms with E-state index in [9.17, 15) is 14.9 Å². The van der Waals surface area contributed by atoms with Gasteiger partial charge in [-0.25, -0.2) is 4.79 Å². The van der Waals surface area contributed by atoms with Crippen LogP contribution in [0.1, 0.15) is 21.5 Å². The van der Waals surface area contributed by atoms with Gasteiger partial charge in [0, 0.05) is 23.9 Å². The van der Waals surface area contributed by atoms with Gasteiger partial charge < -0.3 is 9.84 Å². The number of para-hydroxylation sites is 1. The van der Waals surface area contributed by atoms with E-state index >= 15 is 0 Å². The monoisotopic (exact) mass is 376 g/mol. The Kier molecular flexibility index (Phi) is 5.76. The van der Waals surface area contributed by atoms with Crippen molar-refractivity contribution >= 4 is 23.6 Å². The number of carboxylic acids is 1. The Hall–Kier alpha value is -4.00. The van der Waals surface area contributed by atoms with Crippen LogP contribution in [0.4, 0.5) is 11.4 Å². The molecule has 3 rings (SSSR count). The smallest absolute Gasteiger partial charge is 0.335 e. The Morgan fingerprint density at radius 3 is 2.54 bits per heavy atom. The van der Waals surface area contributed by atoms with E-state index in [0.717, 1.165) is 11.1 Å². The van der Waals surface area contributed by atoms with Gasteiger partial charge in [-0.15, -0.1) is 0 Å². The van der Waals surface area contributed by atoms with Gasteiger partial charge in [0.05, 0.1) is 16.2 Å². The Morgan fingerprint density at radius 2 is 1.82 bits per heavy atom. The maximum absolute atomic E-state index is 10.9. The van der Waals surface area contributed by atoms with Crippen molar-refractivity contribution < 1.29 is 19.6 Å². The van der Waals surface area contributed by atoms with Crippen molar-refractivity contribution in [1.29, 1.82) is 0 Å². The third kappa shape index (κ3) is 4.79. The first-order chi connectivity index (χ1) is 13.5. The summed E-state index contributed by atoms with van der Waals surface area (Å²) in [5.41, 5.74) is 2.21. The van der Waals surface area contributed by atoms with Gasteiger partial charge in [0.1, 0.15) is 12.4 Å². The molecule has 140 valence electrons. The zero-order chi connectivity index (χ0) is 19.9. The summed E-state index contributed by atoms with van der Waals surface area (Å²) in [5.74, 6) is -0.380. The third-order valence-corrected chi connectivity index (χ3v) is 3.91. The van der Waals surface area contributed by atoms with Gasteiger partial charge in [-0.1, -0.05) is 30.3 Å². The zero-order valence-electron chi connectivity index (χ0n) is 14.7. The lowest BCUT2D eigenvalue weighted by Crippen LogP contribution is -2.00. The topological polar surface area (TPSA) is 102 Å². The second kappa shape index (κ2) is 8.59. The first kappa shape index (κ1) is 18.8. The molecule has 7 nitrogen and oxygen atoms in total. The molecule has 3 aromatic carbocycles. The first-order valence-electron chi connectivity index (χ1n) is 8.35. The van der Waals surface area contributed by atoms with Crippen molar-refractivity contribution in [2.45, 2.75) is 6.61 Å². The second-order valence-electron chi connectivity index (χ2n) is 5.86. The van der Waals surface area contributed by atoms with Crippen LogP contribution in [0.5, 0.6) is 5.75 Å². The van der Waals surface area contributed by atoms with Crippen LogP contribution in [0.25, 0.3) is 0 Å². The summed E-state index contributed by atoms with van der Waals surface area (Å²) < 4.78 is 5.83. The van der Waals surface area contributed by atoms with Crippen molar-refractivity contribution in [2.75, 3.05) is 0 Å². The highest BCUT2D eigenvalue weighted by Crippen LogP contribution is 2.22. The van der Waals surface area contributed by atoms with E-state index in [1.807, 2.05) is 18.2 Å². The predicted octanol–water partition coefficient (Wildman–Crippen LogP) is 4.62. The fraction of sp³-hybridized carbons (Fsp3) is 0.0476. The van der Waals surface area contributed by atoms with Crippen LogP contribution in [0.3, 0.4) is 0 Å². The van der Waals surface area contributed by atoms with E-state index in [0.29, 0.717) is 11.4 Å². The summed E-state index contributed by atoms with van der Waals surface area (Å²) in [6.07, 6.45) is 1.59. The number of hydrogen-bond acceptors (Lipinski definition) is 5. The number of hydrogen-bond donors (Lipinski definition) is 1. The molecule has 0 unspecified atom stereocenters. The molecule has 0 atom stereocenters. The number of carbonyl (C=O) groups is 1. The minimum absolute atomic E-state index is 0.0241. The van der Waals surface area contributed by atoms with Gasteiger partial charge in [-0.05, 0) is 35.9 Å². The number of nitrogens with zero attached hydrogens (tertiary/aromatic N) is 2. The molecule has 0 fully saturated rings. The Morgan fingerprint density at radius 1 is 1.07 bits per heavy atom. The molecular weight excluding hydrogens is 360 g/mol. The average molecular weight is 376 g/mol. The SMILES string of the molecule is O=C(O)c1ccc(COc2ccccc2C=Nc2cccc([N+](=O)[O-])c2)cc1. The lowest BCUT2D eigenvalue weighted by atomic mass is 10.1. The number of nitro groups is 1. The maximum atomic E-state index is 10.9. The molecule has 28 heavy (non-hydrogen) atoms. The minimum atomic E-state index is -0.977. The van der Waals surface area contributed by atoms with E-state index in [4.69, 9.17) is 9.84 Å². The average Bonchev–Trinajstić information content (AvgIpc) is 2.71. The van der Waals surface area contributed by atoms with Crippen LogP contribution >= 0.6 is 0 Å². The molecule has 7 heteroatoms. The van der Waals surface area contributed by atoms with E-state index in [1.165, 1.54) is 24.3 Å². The van der Waals surface area contributed by atoms with Gasteiger partial charge in [0.2, 0.25) is 0 Å². The maximum Gasteiger partial charge on any atom is 0.335 e. The summed E-state index contributed by atoms with van der Waals surface area (Å²) in [6.45, 7) is 0.265. The van der Waals surface area contributed by atoms with Crippen LogP contribution in [-0.2, 0) is 6.61 Å². The van der Waals surface area contributed by atoms with Crippen LogP contribution in [0.15, 0.2) is 77.8 Å². The summed E-state index contributed by atoms with van der Waals surface area (Å²) in [6, 6.07) is 19.8. The lowest BCUT2D eigenvalue weighted by Gasteiger charge is -2.09. The molecule has 3 aromatic rings. The number of non-ortho nitro benzene ring substituents is 1. The molecule has 0 aliphatic heterocycles. The molecule has 0 heterocycles. The second-order valence-corrected chi connectivity index (χ2v) is 5.86. The molecule has 1 N–H and O–H groups in total. The summed E-state index contributed by atoms with van der Waals surface area (Å²) >= 11 is 0. The van der Waals surface area contributed by atoms with E-state index < -0.39 is 10.9 Å². The highest BCUT2D eigenvalue weighted by Gasteiger charge is 2.06. The zero-order valence-corrected chi connectivity index (χ0v) is 14.7. The number of rotatable bonds is 7. The standard InChI is InChI=1S/C21H16N2O5/c24-21(25)16-10-8-15(9-11-16)14-28-20-7-2-1-4-17(20)13-22-18-5-3-6-19(12-18)23(26)27/h1-13H,14H2,(H,24,25). The van der Waals surface area contributed by atoms with Crippen LogP contribution in [0, 0.1) is 10.1 Å². The number of benzene rings is 3. The highest BCUT2D eigenvalue weighted by molar-refractivity contribution is 5.87. The van der Waals surface area contributed by atoms with Crippen molar-refractivity contribution in [3.63, 3.8) is 0 Å². The van der Waals surface area contributed by atoms with Gasteiger partial charge >= 0.3 is 5.97 Å². The molecule has 0 amide bonds. The van der Waals surface area contributed by atoms with E-state index in [2.05, 4.69) is 4.99 Å². The quantitative estimate of drug-likeness (QED) is 0.368. The normalized spacial score (nSPS) is 10.7. The van der Waals surface area contributed by atoms with E-state index in [-0.39, 0.29) is 17.9 Å². The fourth-order valence-electron chi connectivity index (χ4n) is 2.45. The largest absolute Gasteiger partial charge is 0.488 e. The Balaban J connectivity index is 1.73. The molecule has 0 radical (unpaired) electrons.